The molecule has 0 bridgehead atoms. The predicted molar refractivity (Wildman–Crippen MR) is 63.2 cm³/mol. The number of nitrogens with one attached hydrogen (secondary N) is 1. The van der Waals surface area contributed by atoms with Crippen LogP contribution in [0, 0.1) is 13.8 Å². The molecule has 2 rings (SSSR count). The van der Waals surface area contributed by atoms with E-state index in [1.54, 1.807) is 11.3 Å². The van der Waals surface area contributed by atoms with Gasteiger partial charge in [-0.1, -0.05) is 0 Å². The highest BCUT2D eigenvalue weighted by molar-refractivity contribution is 7.09. The molecule has 0 aliphatic heterocycles. The van der Waals surface area contributed by atoms with Crippen molar-refractivity contribution in [1.29, 1.82) is 0 Å². The molecule has 0 amide bonds. The molecule has 0 aromatic carbocycles. The van der Waals surface area contributed by atoms with Crippen LogP contribution in [0.2, 0.25) is 0 Å². The molecule has 0 saturated carbocycles. The van der Waals surface area contributed by atoms with Gasteiger partial charge in [0.25, 0.3) is 0 Å². The van der Waals surface area contributed by atoms with Crippen LogP contribution < -0.4 is 5.32 Å². The number of aryl methyl sites for hydroxylation is 2. The molecule has 0 saturated heterocycles. The number of nitrogens with zero attached hydrogens (tertiary/aromatic N) is 2. The molecular formula is C11H13N3S. The van der Waals surface area contributed by atoms with Gasteiger partial charge < -0.3 is 5.32 Å². The first kappa shape index (κ1) is 10.1. The van der Waals surface area contributed by atoms with Gasteiger partial charge in [-0.15, -0.1) is 11.3 Å². The largest absolute Gasteiger partial charge is 0.379 e. The number of thiazole rings is 1. The number of pyridine rings is 1. The first-order valence-corrected chi connectivity index (χ1v) is 5.68. The van der Waals surface area contributed by atoms with Gasteiger partial charge in [0.1, 0.15) is 0 Å². The Labute approximate surface area is 93.2 Å². The fourth-order valence-corrected chi connectivity index (χ4v) is 2.05. The minimum absolute atomic E-state index is 0.821. The summed E-state index contributed by atoms with van der Waals surface area (Å²) in [6.07, 6.45) is 3.69. The SMILES string of the molecule is Cc1cncc(NCc2scnc2C)c1. The van der Waals surface area contributed by atoms with Crippen LogP contribution >= 0.6 is 11.3 Å². The Kier molecular flexibility index (Phi) is 2.97. The topological polar surface area (TPSA) is 37.8 Å². The summed E-state index contributed by atoms with van der Waals surface area (Å²) in [7, 11) is 0. The second kappa shape index (κ2) is 4.40. The van der Waals surface area contributed by atoms with Gasteiger partial charge in [-0.2, -0.15) is 0 Å². The van der Waals surface area contributed by atoms with E-state index in [9.17, 15) is 0 Å². The molecule has 2 aromatic heterocycles. The van der Waals surface area contributed by atoms with Gasteiger partial charge in [-0.05, 0) is 25.5 Å². The Morgan fingerprint density at radius 2 is 2.20 bits per heavy atom. The minimum Gasteiger partial charge on any atom is -0.379 e. The minimum atomic E-state index is 0.821. The zero-order valence-electron chi connectivity index (χ0n) is 8.82. The van der Waals surface area contributed by atoms with Crippen molar-refractivity contribution in [2.24, 2.45) is 0 Å². The van der Waals surface area contributed by atoms with Crippen LogP contribution in [0.1, 0.15) is 16.1 Å². The molecular weight excluding hydrogens is 206 g/mol. The zero-order chi connectivity index (χ0) is 10.7. The van der Waals surface area contributed by atoms with Gasteiger partial charge in [-0.25, -0.2) is 4.98 Å². The maximum absolute atomic E-state index is 4.21. The van der Waals surface area contributed by atoms with E-state index in [1.165, 1.54) is 10.4 Å². The monoisotopic (exact) mass is 219 g/mol. The average molecular weight is 219 g/mol. The highest BCUT2D eigenvalue weighted by Crippen LogP contribution is 2.15. The van der Waals surface area contributed by atoms with Crippen molar-refractivity contribution in [3.05, 3.63) is 40.1 Å². The van der Waals surface area contributed by atoms with Crippen molar-refractivity contribution in [1.82, 2.24) is 9.97 Å². The number of hydrogen-bond acceptors (Lipinski definition) is 4. The summed E-state index contributed by atoms with van der Waals surface area (Å²) < 4.78 is 0. The lowest BCUT2D eigenvalue weighted by atomic mass is 10.3. The Morgan fingerprint density at radius 3 is 2.87 bits per heavy atom. The lowest BCUT2D eigenvalue weighted by Crippen LogP contribution is -1.99. The Hall–Kier alpha value is -1.42. The van der Waals surface area contributed by atoms with Crippen LogP contribution in [0.15, 0.2) is 24.0 Å². The van der Waals surface area contributed by atoms with Crippen molar-refractivity contribution in [2.75, 3.05) is 5.32 Å². The zero-order valence-corrected chi connectivity index (χ0v) is 9.64. The third-order valence-electron chi connectivity index (χ3n) is 2.17. The van der Waals surface area contributed by atoms with Gasteiger partial charge in [0.05, 0.1) is 23.4 Å². The Morgan fingerprint density at radius 1 is 1.33 bits per heavy atom. The molecule has 2 aromatic rings. The number of aromatic nitrogens is 2. The summed E-state index contributed by atoms with van der Waals surface area (Å²) in [5, 5.41) is 3.34. The van der Waals surface area contributed by atoms with Crippen molar-refractivity contribution < 1.29 is 0 Å². The van der Waals surface area contributed by atoms with Crippen molar-refractivity contribution in [2.45, 2.75) is 20.4 Å². The van der Waals surface area contributed by atoms with Gasteiger partial charge in [0, 0.05) is 17.3 Å². The van der Waals surface area contributed by atoms with E-state index in [-0.39, 0.29) is 0 Å². The van der Waals surface area contributed by atoms with E-state index >= 15 is 0 Å². The van der Waals surface area contributed by atoms with E-state index in [4.69, 9.17) is 0 Å². The third kappa shape index (κ3) is 2.53. The molecule has 0 fully saturated rings. The smallest absolute Gasteiger partial charge is 0.0798 e. The molecule has 0 radical (unpaired) electrons. The fraction of sp³-hybridized carbons (Fsp3) is 0.273. The molecule has 0 aliphatic rings. The number of rotatable bonds is 3. The first-order chi connectivity index (χ1) is 7.25. The lowest BCUT2D eigenvalue weighted by molar-refractivity contribution is 1.11. The standard InChI is InChI=1S/C11H13N3S/c1-8-3-10(5-12-4-8)13-6-11-9(2)14-7-15-11/h3-5,7,13H,6H2,1-2H3. The molecule has 4 heteroatoms. The highest BCUT2D eigenvalue weighted by Gasteiger charge is 2.00. The molecule has 15 heavy (non-hydrogen) atoms. The van der Waals surface area contributed by atoms with Crippen LogP contribution in [0.25, 0.3) is 0 Å². The van der Waals surface area contributed by atoms with Gasteiger partial charge in [-0.3, -0.25) is 4.98 Å². The van der Waals surface area contributed by atoms with Crippen molar-refractivity contribution >= 4 is 17.0 Å². The van der Waals surface area contributed by atoms with Crippen LogP contribution in [-0.2, 0) is 6.54 Å². The lowest BCUT2D eigenvalue weighted by Gasteiger charge is -2.05. The summed E-state index contributed by atoms with van der Waals surface area (Å²) in [6.45, 7) is 4.89. The summed E-state index contributed by atoms with van der Waals surface area (Å²) in [5.74, 6) is 0. The maximum Gasteiger partial charge on any atom is 0.0798 e. The Bertz CT molecular complexity index is 451. The van der Waals surface area contributed by atoms with E-state index in [0.29, 0.717) is 0 Å². The predicted octanol–water partition coefficient (Wildman–Crippen LogP) is 2.77. The number of hydrogen-bond donors (Lipinski definition) is 1. The molecule has 0 aliphatic carbocycles. The van der Waals surface area contributed by atoms with E-state index in [1.807, 2.05) is 31.8 Å². The fourth-order valence-electron chi connectivity index (χ4n) is 1.33. The average Bonchev–Trinajstić information content (AvgIpc) is 2.61. The highest BCUT2D eigenvalue weighted by atomic mass is 32.1. The summed E-state index contributed by atoms with van der Waals surface area (Å²) in [4.78, 5) is 9.62. The van der Waals surface area contributed by atoms with E-state index in [0.717, 1.165) is 17.9 Å². The third-order valence-corrected chi connectivity index (χ3v) is 3.11. The molecule has 0 unspecified atom stereocenters. The second-order valence-electron chi connectivity index (χ2n) is 3.47. The Balaban J connectivity index is 2.02. The molecule has 78 valence electrons. The molecule has 0 spiro atoms. The van der Waals surface area contributed by atoms with Crippen LogP contribution in [0.5, 0.6) is 0 Å². The summed E-state index contributed by atoms with van der Waals surface area (Å²) in [6, 6.07) is 2.09. The number of anilines is 1. The molecule has 1 N–H and O–H groups in total. The van der Waals surface area contributed by atoms with Crippen LogP contribution in [-0.4, -0.2) is 9.97 Å². The maximum atomic E-state index is 4.21. The second-order valence-corrected chi connectivity index (χ2v) is 4.40. The van der Waals surface area contributed by atoms with Crippen molar-refractivity contribution in [3.63, 3.8) is 0 Å². The van der Waals surface area contributed by atoms with E-state index < -0.39 is 0 Å². The van der Waals surface area contributed by atoms with Crippen LogP contribution in [0.4, 0.5) is 5.69 Å². The summed E-state index contributed by atoms with van der Waals surface area (Å²) in [5.41, 5.74) is 5.21. The first-order valence-electron chi connectivity index (χ1n) is 4.80. The molecule has 0 atom stereocenters. The van der Waals surface area contributed by atoms with Gasteiger partial charge in [0.15, 0.2) is 0 Å². The van der Waals surface area contributed by atoms with Gasteiger partial charge in [0.2, 0.25) is 0 Å². The summed E-state index contributed by atoms with van der Waals surface area (Å²) >= 11 is 1.68. The molecule has 3 nitrogen and oxygen atoms in total. The van der Waals surface area contributed by atoms with E-state index in [2.05, 4.69) is 21.4 Å². The van der Waals surface area contributed by atoms with Gasteiger partial charge >= 0.3 is 0 Å². The van der Waals surface area contributed by atoms with Crippen molar-refractivity contribution in [3.8, 4) is 0 Å². The molecule has 2 heterocycles. The van der Waals surface area contributed by atoms with Crippen LogP contribution in [0.3, 0.4) is 0 Å². The normalized spacial score (nSPS) is 10.3. The quantitative estimate of drug-likeness (QED) is 0.862.